The Kier molecular flexibility index (Phi) is 17.3. The second kappa shape index (κ2) is 20.1. The van der Waals surface area contributed by atoms with Gasteiger partial charge in [0.25, 0.3) is 0 Å². The van der Waals surface area contributed by atoms with Gasteiger partial charge in [-0.1, -0.05) is 24.3 Å². The lowest BCUT2D eigenvalue weighted by Crippen LogP contribution is -2.39. The van der Waals surface area contributed by atoms with E-state index >= 15 is 0 Å². The van der Waals surface area contributed by atoms with Crippen LogP contribution in [0.15, 0.2) is 48.5 Å². The minimum atomic E-state index is -0.987. The van der Waals surface area contributed by atoms with E-state index in [2.05, 4.69) is 0 Å². The van der Waals surface area contributed by atoms with Gasteiger partial charge in [-0.15, -0.1) is 0 Å². The lowest BCUT2D eigenvalue weighted by molar-refractivity contribution is -0.148. The summed E-state index contributed by atoms with van der Waals surface area (Å²) >= 11 is 0. The molecule has 2 atom stereocenters. The number of aliphatic hydroxyl groups is 1. The van der Waals surface area contributed by atoms with Crippen LogP contribution in [0.25, 0.3) is 0 Å². The average molecular weight is 691 g/mol. The summed E-state index contributed by atoms with van der Waals surface area (Å²) in [4.78, 5) is 22.4. The molecule has 0 spiro atoms. The lowest BCUT2D eigenvalue weighted by atomic mass is 10.00. The molecule has 0 amide bonds. The molecule has 11 nitrogen and oxygen atoms in total. The Bertz CT molecular complexity index is 1250. The van der Waals surface area contributed by atoms with Crippen LogP contribution in [0.2, 0.25) is 0 Å². The number of carboxylic acids is 2. The first kappa shape index (κ1) is 42.3. The van der Waals surface area contributed by atoms with Gasteiger partial charge in [0.15, 0.2) is 0 Å². The Labute approximate surface area is 291 Å². The van der Waals surface area contributed by atoms with E-state index in [1.54, 1.807) is 48.5 Å². The summed E-state index contributed by atoms with van der Waals surface area (Å²) in [6.45, 7) is 17.9. The van der Waals surface area contributed by atoms with Crippen molar-refractivity contribution in [3.05, 3.63) is 70.8 Å². The fraction of sp³-hybridized carbons (Fsp3) is 0.632. The number of ether oxygens (including phenoxy) is 6. The predicted molar refractivity (Wildman–Crippen MR) is 186 cm³/mol. The van der Waals surface area contributed by atoms with Gasteiger partial charge in [-0.3, -0.25) is 0 Å². The Balaban J connectivity index is 1.96. The molecule has 0 saturated carbocycles. The highest BCUT2D eigenvalue weighted by Crippen LogP contribution is 2.24. The van der Waals surface area contributed by atoms with Crippen molar-refractivity contribution in [1.29, 1.82) is 0 Å². The van der Waals surface area contributed by atoms with E-state index in [0.29, 0.717) is 39.1 Å². The molecule has 0 aliphatic heterocycles. The van der Waals surface area contributed by atoms with E-state index in [4.69, 9.17) is 33.5 Å². The zero-order valence-electron chi connectivity index (χ0n) is 30.5. The molecule has 3 N–H and O–H groups in total. The molecule has 2 aromatic carbocycles. The van der Waals surface area contributed by atoms with Crippen LogP contribution >= 0.6 is 0 Å². The largest absolute Gasteiger partial charge is 0.478 e. The van der Waals surface area contributed by atoms with Crippen molar-refractivity contribution in [3.8, 4) is 0 Å². The van der Waals surface area contributed by atoms with Crippen molar-refractivity contribution in [1.82, 2.24) is 0 Å². The average Bonchev–Trinajstić information content (AvgIpc) is 3.01. The Morgan fingerprint density at radius 2 is 1.14 bits per heavy atom. The number of hydrogen-bond acceptors (Lipinski definition) is 9. The number of rotatable bonds is 25. The molecule has 0 radical (unpaired) electrons. The molecular weight excluding hydrogens is 632 g/mol. The summed E-state index contributed by atoms with van der Waals surface area (Å²) < 4.78 is 37.0. The first-order chi connectivity index (χ1) is 22.9. The van der Waals surface area contributed by atoms with Gasteiger partial charge in [0.2, 0.25) is 0 Å². The molecule has 2 unspecified atom stereocenters. The first-order valence-electron chi connectivity index (χ1n) is 16.9. The molecule has 2 aromatic rings. The minimum absolute atomic E-state index is 0.00568. The number of aromatic carboxylic acids is 2. The van der Waals surface area contributed by atoms with E-state index in [1.807, 2.05) is 55.4 Å². The minimum Gasteiger partial charge on any atom is -0.478 e. The predicted octanol–water partition coefficient (Wildman–Crippen LogP) is 6.53. The second-order valence-electron chi connectivity index (χ2n) is 14.4. The standard InChI is InChI=1S/C38H58O11/c1-27(2)49-33(25-47-36(3,4)17-19-39)26-48-37(5,6)18-20-46-38(7,8)21-32(45-23-29-11-15-31(16-12-29)35(42)43)24-44-22-28-9-13-30(14-10-28)34(40)41/h9-16,27,32-33,39H,17-26H2,1-8H3,(H,40,41)(H,42,43). The summed E-state index contributed by atoms with van der Waals surface area (Å²) in [5.74, 6) is -1.97. The molecule has 2 rings (SSSR count). The zero-order chi connectivity index (χ0) is 36.7. The maximum atomic E-state index is 11.2. The summed E-state index contributed by atoms with van der Waals surface area (Å²) in [6, 6.07) is 13.1. The Morgan fingerprint density at radius 3 is 1.61 bits per heavy atom. The van der Waals surface area contributed by atoms with E-state index in [1.165, 1.54) is 0 Å². The molecule has 276 valence electrons. The van der Waals surface area contributed by atoms with Gasteiger partial charge < -0.3 is 43.7 Å². The smallest absolute Gasteiger partial charge is 0.335 e. The fourth-order valence-electron chi connectivity index (χ4n) is 4.92. The third-order valence-electron chi connectivity index (χ3n) is 7.87. The molecule has 0 aromatic heterocycles. The normalized spacial score (nSPS) is 13.8. The second-order valence-corrected chi connectivity index (χ2v) is 14.4. The van der Waals surface area contributed by atoms with Crippen molar-refractivity contribution in [2.24, 2.45) is 0 Å². The van der Waals surface area contributed by atoms with E-state index in [9.17, 15) is 19.8 Å². The highest BCUT2D eigenvalue weighted by molar-refractivity contribution is 5.87. The molecule has 0 aliphatic carbocycles. The van der Waals surface area contributed by atoms with Crippen LogP contribution in [0, 0.1) is 0 Å². The van der Waals surface area contributed by atoms with Gasteiger partial charge in [0.05, 0.1) is 79.8 Å². The fourth-order valence-corrected chi connectivity index (χ4v) is 4.92. The van der Waals surface area contributed by atoms with Crippen molar-refractivity contribution >= 4 is 11.9 Å². The number of carboxylic acid groups (broad SMARTS) is 2. The molecular formula is C38H58O11. The molecule has 0 fully saturated rings. The highest BCUT2D eigenvalue weighted by Gasteiger charge is 2.28. The van der Waals surface area contributed by atoms with Crippen molar-refractivity contribution < 1.29 is 53.3 Å². The van der Waals surface area contributed by atoms with Crippen LogP contribution in [0.4, 0.5) is 0 Å². The Morgan fingerprint density at radius 1 is 0.653 bits per heavy atom. The number of aliphatic hydroxyl groups excluding tert-OH is 1. The summed E-state index contributed by atoms with van der Waals surface area (Å²) in [5.41, 5.74) is 0.557. The van der Waals surface area contributed by atoms with Crippen molar-refractivity contribution in [2.45, 2.75) is 123 Å². The molecule has 0 bridgehead atoms. The van der Waals surface area contributed by atoms with Crippen LogP contribution in [0.5, 0.6) is 0 Å². The topological polar surface area (TPSA) is 150 Å². The lowest BCUT2D eigenvalue weighted by Gasteiger charge is -2.33. The SMILES string of the molecule is CC(C)OC(COC(C)(C)CCO)COC(C)(C)CCOC(C)(C)CC(COCc1ccc(C(=O)O)cc1)OCc1ccc(C(=O)O)cc1. The van der Waals surface area contributed by atoms with Gasteiger partial charge in [-0.2, -0.15) is 0 Å². The summed E-state index contributed by atoms with van der Waals surface area (Å²) in [6.07, 6.45) is 1.08. The van der Waals surface area contributed by atoms with Crippen LogP contribution in [-0.4, -0.2) is 95.4 Å². The van der Waals surface area contributed by atoms with E-state index in [0.717, 1.165) is 11.1 Å². The van der Waals surface area contributed by atoms with E-state index < -0.39 is 28.7 Å². The summed E-state index contributed by atoms with van der Waals surface area (Å²) in [5, 5.41) is 27.7. The van der Waals surface area contributed by atoms with Gasteiger partial charge >= 0.3 is 11.9 Å². The molecule has 0 heterocycles. The molecule has 0 saturated heterocycles. The van der Waals surface area contributed by atoms with Gasteiger partial charge in [0, 0.05) is 13.0 Å². The molecule has 49 heavy (non-hydrogen) atoms. The zero-order valence-corrected chi connectivity index (χ0v) is 30.5. The Hall–Kier alpha value is -2.90. The van der Waals surface area contributed by atoms with Crippen LogP contribution in [0.3, 0.4) is 0 Å². The number of benzene rings is 2. The summed E-state index contributed by atoms with van der Waals surface area (Å²) in [7, 11) is 0. The van der Waals surface area contributed by atoms with Crippen molar-refractivity contribution in [3.63, 3.8) is 0 Å². The highest BCUT2D eigenvalue weighted by atomic mass is 16.6. The third-order valence-corrected chi connectivity index (χ3v) is 7.87. The number of hydrogen-bond donors (Lipinski definition) is 3. The monoisotopic (exact) mass is 690 g/mol. The van der Waals surface area contributed by atoms with Crippen molar-refractivity contribution in [2.75, 3.05) is 33.0 Å². The van der Waals surface area contributed by atoms with Gasteiger partial charge in [-0.05, 0) is 104 Å². The molecule has 0 aliphatic rings. The first-order valence-corrected chi connectivity index (χ1v) is 16.9. The van der Waals surface area contributed by atoms with E-state index in [-0.39, 0.29) is 55.9 Å². The van der Waals surface area contributed by atoms with Crippen LogP contribution in [-0.2, 0) is 41.6 Å². The van der Waals surface area contributed by atoms with Crippen LogP contribution in [0.1, 0.15) is 106 Å². The van der Waals surface area contributed by atoms with Gasteiger partial charge in [-0.25, -0.2) is 9.59 Å². The molecule has 11 heteroatoms. The maximum Gasteiger partial charge on any atom is 0.335 e. The quantitative estimate of drug-likeness (QED) is 0.104. The van der Waals surface area contributed by atoms with Gasteiger partial charge in [0.1, 0.15) is 6.10 Å². The number of carbonyl (C=O) groups is 2. The third kappa shape index (κ3) is 17.5. The maximum absolute atomic E-state index is 11.2. The van der Waals surface area contributed by atoms with Crippen LogP contribution < -0.4 is 0 Å².